The molecule has 1 aliphatic rings. The molecule has 7 heteroatoms. The zero-order valence-corrected chi connectivity index (χ0v) is 16.9. The molecule has 0 aliphatic carbocycles. The smallest absolute Gasteiger partial charge is 0.321 e. The first-order chi connectivity index (χ1) is 14.1. The monoisotopic (exact) mass is 398 g/mol. The second-order valence-electron chi connectivity index (χ2n) is 6.85. The lowest BCUT2D eigenvalue weighted by atomic mass is 9.89. The zero-order valence-electron chi connectivity index (χ0n) is 16.9. The Morgan fingerprint density at radius 1 is 1.00 bits per heavy atom. The van der Waals surface area contributed by atoms with Gasteiger partial charge < -0.3 is 24.4 Å². The molecule has 1 fully saturated rings. The number of ether oxygens (including phenoxy) is 3. The van der Waals surface area contributed by atoms with E-state index in [1.165, 1.54) is 0 Å². The SMILES string of the molecule is COc1ccc(OC)c(NC(=O)N2CCCC(C(=O)c3ccccc3OC)C2)c1. The molecule has 0 spiro atoms. The molecule has 2 aromatic carbocycles. The van der Waals surface area contributed by atoms with Crippen LogP contribution < -0.4 is 19.5 Å². The van der Waals surface area contributed by atoms with Gasteiger partial charge in [-0.2, -0.15) is 0 Å². The number of para-hydroxylation sites is 1. The van der Waals surface area contributed by atoms with Crippen LogP contribution in [0.2, 0.25) is 0 Å². The average molecular weight is 398 g/mol. The number of anilines is 1. The second kappa shape index (κ2) is 9.32. The number of amides is 2. The van der Waals surface area contributed by atoms with E-state index >= 15 is 0 Å². The number of piperidine rings is 1. The Balaban J connectivity index is 1.72. The molecule has 154 valence electrons. The number of Topliss-reactive ketones (excluding diaryl/α,β-unsaturated/α-hetero) is 1. The van der Waals surface area contributed by atoms with Crippen molar-refractivity contribution in [2.45, 2.75) is 12.8 Å². The number of hydrogen-bond donors (Lipinski definition) is 1. The van der Waals surface area contributed by atoms with E-state index in [4.69, 9.17) is 14.2 Å². The summed E-state index contributed by atoms with van der Waals surface area (Å²) < 4.78 is 15.9. The van der Waals surface area contributed by atoms with E-state index in [9.17, 15) is 9.59 Å². The van der Waals surface area contributed by atoms with Gasteiger partial charge in [-0.1, -0.05) is 12.1 Å². The number of hydrogen-bond acceptors (Lipinski definition) is 5. The third-order valence-electron chi connectivity index (χ3n) is 5.10. The van der Waals surface area contributed by atoms with E-state index in [1.807, 2.05) is 12.1 Å². The third-order valence-corrected chi connectivity index (χ3v) is 5.10. The van der Waals surface area contributed by atoms with E-state index in [2.05, 4.69) is 5.32 Å². The number of ketones is 1. The predicted molar refractivity (Wildman–Crippen MR) is 110 cm³/mol. The normalized spacial score (nSPS) is 16.1. The van der Waals surface area contributed by atoms with Crippen LogP contribution in [0.25, 0.3) is 0 Å². The Labute approximate surface area is 170 Å². The van der Waals surface area contributed by atoms with Crippen LogP contribution in [-0.4, -0.2) is 51.1 Å². The number of rotatable bonds is 6. The van der Waals surface area contributed by atoms with Crippen LogP contribution in [0.5, 0.6) is 17.2 Å². The van der Waals surface area contributed by atoms with Crippen LogP contribution in [0, 0.1) is 5.92 Å². The fraction of sp³-hybridized carbons (Fsp3) is 0.364. The number of nitrogens with zero attached hydrogens (tertiary/aromatic N) is 1. The molecule has 7 nitrogen and oxygen atoms in total. The Morgan fingerprint density at radius 2 is 1.76 bits per heavy atom. The van der Waals surface area contributed by atoms with E-state index in [1.54, 1.807) is 56.6 Å². The highest BCUT2D eigenvalue weighted by Crippen LogP contribution is 2.30. The molecule has 2 amide bonds. The highest BCUT2D eigenvalue weighted by molar-refractivity contribution is 6.01. The Bertz CT molecular complexity index is 883. The van der Waals surface area contributed by atoms with Crippen molar-refractivity contribution in [3.63, 3.8) is 0 Å². The van der Waals surface area contributed by atoms with Gasteiger partial charge in [-0.3, -0.25) is 4.79 Å². The second-order valence-corrected chi connectivity index (χ2v) is 6.85. The number of benzene rings is 2. The number of carbonyl (C=O) groups is 2. The van der Waals surface area contributed by atoms with Gasteiger partial charge >= 0.3 is 6.03 Å². The summed E-state index contributed by atoms with van der Waals surface area (Å²) in [5, 5.41) is 2.87. The number of likely N-dealkylation sites (tertiary alicyclic amines) is 1. The van der Waals surface area contributed by atoms with Crippen LogP contribution >= 0.6 is 0 Å². The predicted octanol–water partition coefficient (Wildman–Crippen LogP) is 3.84. The Kier molecular flexibility index (Phi) is 6.59. The summed E-state index contributed by atoms with van der Waals surface area (Å²) in [5.74, 6) is 1.44. The van der Waals surface area contributed by atoms with Gasteiger partial charge in [0.1, 0.15) is 17.2 Å². The minimum absolute atomic E-state index is 0.00101. The molecule has 29 heavy (non-hydrogen) atoms. The number of urea groups is 1. The summed E-state index contributed by atoms with van der Waals surface area (Å²) in [5.41, 5.74) is 1.08. The minimum Gasteiger partial charge on any atom is -0.497 e. The van der Waals surface area contributed by atoms with Gasteiger partial charge in [0.05, 0.1) is 32.6 Å². The molecule has 0 saturated carbocycles. The van der Waals surface area contributed by atoms with Gasteiger partial charge in [0.25, 0.3) is 0 Å². The van der Waals surface area contributed by atoms with Crippen molar-refractivity contribution in [3.8, 4) is 17.2 Å². The van der Waals surface area contributed by atoms with Crippen molar-refractivity contribution in [2.24, 2.45) is 5.92 Å². The largest absolute Gasteiger partial charge is 0.497 e. The van der Waals surface area contributed by atoms with E-state index in [-0.39, 0.29) is 17.7 Å². The number of carbonyl (C=O) groups excluding carboxylic acids is 2. The summed E-state index contributed by atoms with van der Waals surface area (Å²) in [4.78, 5) is 27.5. The molecule has 2 aromatic rings. The summed E-state index contributed by atoms with van der Waals surface area (Å²) in [7, 11) is 4.65. The molecule has 3 rings (SSSR count). The quantitative estimate of drug-likeness (QED) is 0.748. The Hall–Kier alpha value is -3.22. The van der Waals surface area contributed by atoms with E-state index < -0.39 is 0 Å². The summed E-state index contributed by atoms with van der Waals surface area (Å²) >= 11 is 0. The lowest BCUT2D eigenvalue weighted by molar-refractivity contribution is 0.0848. The maximum absolute atomic E-state index is 13.0. The number of nitrogens with one attached hydrogen (secondary N) is 1. The maximum Gasteiger partial charge on any atom is 0.321 e. The highest BCUT2D eigenvalue weighted by atomic mass is 16.5. The van der Waals surface area contributed by atoms with Crippen LogP contribution in [0.4, 0.5) is 10.5 Å². The molecular weight excluding hydrogens is 372 g/mol. The standard InChI is InChI=1S/C22H26N2O5/c1-27-16-10-11-20(29-3)18(13-16)23-22(26)24-12-6-7-15(14-24)21(25)17-8-4-5-9-19(17)28-2/h4-5,8-11,13,15H,6-7,12,14H2,1-3H3,(H,23,26). The summed E-state index contributed by atoms with van der Waals surface area (Å²) in [6.07, 6.45) is 1.50. The fourth-order valence-electron chi connectivity index (χ4n) is 3.55. The molecule has 0 bridgehead atoms. The van der Waals surface area contributed by atoms with Crippen LogP contribution in [0.1, 0.15) is 23.2 Å². The summed E-state index contributed by atoms with van der Waals surface area (Å²) in [6, 6.07) is 12.1. The average Bonchev–Trinajstić information content (AvgIpc) is 2.78. The number of methoxy groups -OCH3 is 3. The maximum atomic E-state index is 13.0. The van der Waals surface area contributed by atoms with Gasteiger partial charge in [0.2, 0.25) is 0 Å². The highest BCUT2D eigenvalue weighted by Gasteiger charge is 2.30. The van der Waals surface area contributed by atoms with E-state index in [0.29, 0.717) is 41.6 Å². The molecule has 1 atom stereocenters. The third kappa shape index (κ3) is 4.62. The molecule has 1 heterocycles. The van der Waals surface area contributed by atoms with Gasteiger partial charge in [-0.15, -0.1) is 0 Å². The van der Waals surface area contributed by atoms with Crippen molar-refractivity contribution in [2.75, 3.05) is 39.7 Å². The van der Waals surface area contributed by atoms with Gasteiger partial charge in [-0.25, -0.2) is 4.79 Å². The fourth-order valence-corrected chi connectivity index (χ4v) is 3.55. The van der Waals surface area contributed by atoms with Crippen LogP contribution in [0.3, 0.4) is 0 Å². The summed E-state index contributed by atoms with van der Waals surface area (Å²) in [6.45, 7) is 0.947. The molecule has 1 N–H and O–H groups in total. The van der Waals surface area contributed by atoms with Gasteiger partial charge in [0.15, 0.2) is 5.78 Å². The molecule has 1 aliphatic heterocycles. The first-order valence-corrected chi connectivity index (χ1v) is 9.52. The molecular formula is C22H26N2O5. The first kappa shape index (κ1) is 20.5. The molecule has 1 unspecified atom stereocenters. The molecule has 1 saturated heterocycles. The lowest BCUT2D eigenvalue weighted by Gasteiger charge is -2.32. The Morgan fingerprint density at radius 3 is 2.48 bits per heavy atom. The molecule has 0 aromatic heterocycles. The van der Waals surface area contributed by atoms with Crippen molar-refractivity contribution in [1.82, 2.24) is 4.90 Å². The molecule has 0 radical (unpaired) electrons. The van der Waals surface area contributed by atoms with Crippen molar-refractivity contribution < 1.29 is 23.8 Å². The topological polar surface area (TPSA) is 77.1 Å². The zero-order chi connectivity index (χ0) is 20.8. The van der Waals surface area contributed by atoms with Gasteiger partial charge in [-0.05, 0) is 37.1 Å². The van der Waals surface area contributed by atoms with Gasteiger partial charge in [0, 0.05) is 25.1 Å². The van der Waals surface area contributed by atoms with E-state index in [0.717, 1.165) is 12.8 Å². The lowest BCUT2D eigenvalue weighted by Crippen LogP contribution is -2.44. The first-order valence-electron chi connectivity index (χ1n) is 9.52. The minimum atomic E-state index is -0.269. The van der Waals surface area contributed by atoms with Crippen molar-refractivity contribution in [3.05, 3.63) is 48.0 Å². The van der Waals surface area contributed by atoms with Crippen LogP contribution in [-0.2, 0) is 0 Å². The van der Waals surface area contributed by atoms with Crippen molar-refractivity contribution in [1.29, 1.82) is 0 Å². The van der Waals surface area contributed by atoms with Crippen molar-refractivity contribution >= 4 is 17.5 Å². The van der Waals surface area contributed by atoms with Crippen LogP contribution in [0.15, 0.2) is 42.5 Å².